The zero-order valence-corrected chi connectivity index (χ0v) is 69.5. The molecule has 4 aromatic heterocycles. The van der Waals surface area contributed by atoms with Gasteiger partial charge in [0.15, 0.2) is 45.8 Å². The van der Waals surface area contributed by atoms with Crippen molar-refractivity contribution in [2.75, 3.05) is 67.1 Å². The summed E-state index contributed by atoms with van der Waals surface area (Å²) in [7, 11) is 4.91. The molecule has 7 unspecified atom stereocenters. The van der Waals surface area contributed by atoms with E-state index in [0.29, 0.717) is 45.2 Å². The molecule has 5 aliphatic rings. The Kier molecular flexibility index (Phi) is 26.2. The van der Waals surface area contributed by atoms with Crippen LogP contribution in [-0.2, 0) is 4.74 Å². The van der Waals surface area contributed by atoms with E-state index >= 15 is 0 Å². The van der Waals surface area contributed by atoms with Crippen LogP contribution in [-0.4, -0.2) is 182 Å². The molecule has 632 valence electrons. The number of likely N-dealkylation sites (N-methyl/N-ethyl adjacent to an activating group) is 2. The number of rotatable bonds is 21. The van der Waals surface area contributed by atoms with Gasteiger partial charge in [0.1, 0.15) is 11.5 Å². The summed E-state index contributed by atoms with van der Waals surface area (Å²) in [4.78, 5) is 106. The molecule has 27 heteroatoms. The van der Waals surface area contributed by atoms with Crippen LogP contribution in [0.15, 0.2) is 268 Å². The van der Waals surface area contributed by atoms with E-state index in [4.69, 9.17) is 14.2 Å². The van der Waals surface area contributed by atoms with Gasteiger partial charge in [-0.3, -0.25) is 57.1 Å². The molecule has 8 heterocycles. The van der Waals surface area contributed by atoms with Crippen LogP contribution in [0.5, 0.6) is 34.5 Å². The molecule has 12 aromatic rings. The van der Waals surface area contributed by atoms with E-state index in [1.54, 1.807) is 31.0 Å². The van der Waals surface area contributed by atoms with Gasteiger partial charge in [-0.25, -0.2) is 0 Å². The summed E-state index contributed by atoms with van der Waals surface area (Å²) in [5.74, 6) is -2.30. The summed E-state index contributed by atoms with van der Waals surface area (Å²) in [6.45, 7) is 12.8. The lowest BCUT2D eigenvalue weighted by atomic mass is 9.83. The first-order chi connectivity index (χ1) is 59.4. The van der Waals surface area contributed by atoms with Gasteiger partial charge in [-0.1, -0.05) is 206 Å². The van der Waals surface area contributed by atoms with Crippen LogP contribution in [0.25, 0.3) is 0 Å². The van der Waals surface area contributed by atoms with Crippen molar-refractivity contribution in [2.24, 2.45) is 5.92 Å². The van der Waals surface area contributed by atoms with E-state index in [-0.39, 0.29) is 88.7 Å². The van der Waals surface area contributed by atoms with Gasteiger partial charge in [0.05, 0.1) is 68.3 Å². The third-order valence-electron chi connectivity index (χ3n) is 22.9. The first-order valence-corrected chi connectivity index (χ1v) is 41.0. The second kappa shape index (κ2) is 37.7. The number of fused-ring (bicyclic) bond motifs is 4. The Morgan fingerprint density at radius 3 is 1.07 bits per heavy atom. The Hall–Kier alpha value is -14.1. The summed E-state index contributed by atoms with van der Waals surface area (Å²) in [6, 6.07) is 72.8. The van der Waals surface area contributed by atoms with Crippen LogP contribution in [0, 0.1) is 12.8 Å². The average molecular weight is 1660 g/mol. The lowest BCUT2D eigenvalue weighted by Gasteiger charge is -2.41. The number of amides is 4. The van der Waals surface area contributed by atoms with Gasteiger partial charge in [-0.2, -0.15) is 20.4 Å². The number of carbonyl (C=O) groups excluding carboxylic acids is 4. The number of aromatic nitrogens is 8. The number of methoxy groups -OCH3 is 1. The van der Waals surface area contributed by atoms with Crippen LogP contribution < -0.4 is 31.2 Å². The van der Waals surface area contributed by atoms with Crippen LogP contribution in [0.3, 0.4) is 0 Å². The van der Waals surface area contributed by atoms with Crippen molar-refractivity contribution in [1.29, 1.82) is 0 Å². The zero-order valence-electron chi connectivity index (χ0n) is 69.5. The smallest absolute Gasteiger partial charge is 0.276 e. The highest BCUT2D eigenvalue weighted by molar-refractivity contribution is 5.98. The summed E-state index contributed by atoms with van der Waals surface area (Å²) >= 11 is 0. The molecule has 7 atom stereocenters. The van der Waals surface area contributed by atoms with Gasteiger partial charge in [0.25, 0.3) is 23.6 Å². The van der Waals surface area contributed by atoms with Crippen LogP contribution >= 0.6 is 0 Å². The maximum Gasteiger partial charge on any atom is 0.276 e. The highest BCUT2D eigenvalue weighted by Crippen LogP contribution is 2.46. The summed E-state index contributed by atoms with van der Waals surface area (Å²) in [5.41, 5.74) is 6.59. The standard InChI is InChI=1S/C25H25N3O4.C24H25N3O4.C24H25N3O3.C23H23N3O4/c1-27-14-20(28-23(25(27)31)24(30)21(29)13-26-28)22(17-6-3-2-4-7-17)18-8-5-9-19(12-18)32-15-16-10-11-16;1-15(2)31-18-11-7-10-17(12-18)21(16-8-5-4-6-9-16)19-14-26(3)24(30)22-23(29)20(28)13-25-27(19)22;1-15(2)26-14-19(27-22(24(26)30)23(29)20(28)13-25-27)21(17-9-5-4-6-10-17)18-11-7-8-16(3)12-18;1-30-13-12-25-15-18(26-21(23(25)29)22(28)19(27)14-24-26)20(16-8-4-2-5-9-16)17-10-6-3-7-11-17/h2-9,12-13,16,20,22,30H,10-11,14-15H2,1H3;4-13,15,19,21,29H,14H2,1-3H3;4-13,15,19,21,29H,14H2,1-3H3;2-11,14,18,20,28H,12-13,15H2,1H3. The van der Waals surface area contributed by atoms with Crippen molar-refractivity contribution in [1.82, 2.24) is 58.7 Å². The lowest BCUT2D eigenvalue weighted by Crippen LogP contribution is -2.49. The molecule has 1 aliphatic carbocycles. The van der Waals surface area contributed by atoms with E-state index < -0.39 is 62.4 Å². The third-order valence-corrected chi connectivity index (χ3v) is 22.9. The molecule has 4 aliphatic heterocycles. The number of ether oxygens (including phenoxy) is 3. The van der Waals surface area contributed by atoms with Crippen LogP contribution in [0.2, 0.25) is 0 Å². The minimum Gasteiger partial charge on any atom is -0.502 e. The zero-order chi connectivity index (χ0) is 86.9. The minimum atomic E-state index is -0.669. The molecule has 17 rings (SSSR count). The van der Waals surface area contributed by atoms with Crippen molar-refractivity contribution in [2.45, 2.75) is 107 Å². The van der Waals surface area contributed by atoms with Gasteiger partial charge in [0.2, 0.25) is 21.7 Å². The Balaban J connectivity index is 0.000000134. The normalized spacial score (nSPS) is 17.2. The molecule has 0 spiro atoms. The fourth-order valence-corrected chi connectivity index (χ4v) is 16.8. The molecule has 8 aromatic carbocycles. The van der Waals surface area contributed by atoms with Crippen LogP contribution in [0.1, 0.15) is 180 Å². The molecule has 1 fully saturated rings. The van der Waals surface area contributed by atoms with Crippen LogP contribution in [0.4, 0.5) is 0 Å². The number of nitrogens with zero attached hydrogens (tertiary/aromatic N) is 12. The molecular weight excluding hydrogens is 1560 g/mol. The largest absolute Gasteiger partial charge is 0.502 e. The monoisotopic (exact) mass is 1660 g/mol. The SMILES string of the molecule is CC(C)Oc1cccc(C(c2ccccc2)C2CN(C)C(=O)c3c(O)c(=O)cnn32)c1.CN1CC(C(c2ccccc2)c2cccc(OCC3CC3)c2)n2ncc(=O)c(O)c2C1=O.COCCN1CC(C(c2ccccc2)c2ccccc2)n2ncc(=O)c(O)c2C1=O.Cc1cccc(C(c2ccccc2)C2CN(C(C)C)C(=O)c3c(O)c(=O)cnn32)c1. The highest BCUT2D eigenvalue weighted by Gasteiger charge is 2.45. The van der Waals surface area contributed by atoms with Gasteiger partial charge in [-0.15, -0.1) is 0 Å². The first kappa shape index (κ1) is 85.3. The topological polar surface area (TPSA) is 329 Å². The number of aromatic hydroxyl groups is 4. The lowest BCUT2D eigenvalue weighted by molar-refractivity contribution is 0.0560. The Morgan fingerprint density at radius 1 is 0.382 bits per heavy atom. The van der Waals surface area contributed by atoms with Crippen molar-refractivity contribution in [3.05, 3.63) is 363 Å². The molecule has 0 bridgehead atoms. The fourth-order valence-electron chi connectivity index (χ4n) is 16.8. The van der Waals surface area contributed by atoms with E-state index in [0.717, 1.165) is 93.0 Å². The quantitative estimate of drug-likeness (QED) is 0.0519. The second-order valence-electron chi connectivity index (χ2n) is 32.0. The third kappa shape index (κ3) is 18.5. The van der Waals surface area contributed by atoms with E-state index in [2.05, 4.69) is 44.7 Å². The van der Waals surface area contributed by atoms with E-state index in [9.17, 15) is 58.8 Å². The molecular formula is C96H98N12O15. The molecule has 0 saturated heterocycles. The Morgan fingerprint density at radius 2 is 0.707 bits per heavy atom. The molecule has 4 amide bonds. The Labute approximate surface area is 710 Å². The molecule has 4 N–H and O–H groups in total. The maximum absolute atomic E-state index is 13.1. The first-order valence-electron chi connectivity index (χ1n) is 41.0. The van der Waals surface area contributed by atoms with Crippen molar-refractivity contribution in [3.63, 3.8) is 0 Å². The summed E-state index contributed by atoms with van der Waals surface area (Å²) < 4.78 is 23.1. The number of benzene rings is 8. The number of hydrogen-bond donors (Lipinski definition) is 4. The summed E-state index contributed by atoms with van der Waals surface area (Å²) in [5, 5.41) is 58.8. The van der Waals surface area contributed by atoms with Gasteiger partial charge in [0, 0.05) is 83.6 Å². The molecule has 1 saturated carbocycles. The molecule has 27 nitrogen and oxygen atoms in total. The van der Waals surface area contributed by atoms with E-state index in [1.165, 1.54) is 41.4 Å². The van der Waals surface area contributed by atoms with Gasteiger partial charge in [-0.05, 0) is 122 Å². The maximum atomic E-state index is 13.1. The van der Waals surface area contributed by atoms with Crippen molar-refractivity contribution in [3.8, 4) is 34.5 Å². The molecule has 123 heavy (non-hydrogen) atoms. The van der Waals surface area contributed by atoms with E-state index in [1.807, 2.05) is 235 Å². The predicted molar refractivity (Wildman–Crippen MR) is 462 cm³/mol. The average Bonchev–Trinajstić information content (AvgIpc) is 1.48. The van der Waals surface area contributed by atoms with Crippen molar-refractivity contribution < 1.29 is 53.8 Å². The predicted octanol–water partition coefficient (Wildman–Crippen LogP) is 12.3. The number of hydrogen-bond acceptors (Lipinski definition) is 19. The van der Waals surface area contributed by atoms with Gasteiger partial charge >= 0.3 is 0 Å². The number of carbonyl (C=O) groups is 4. The van der Waals surface area contributed by atoms with Crippen molar-refractivity contribution >= 4 is 23.6 Å². The van der Waals surface area contributed by atoms with Gasteiger partial charge < -0.3 is 54.2 Å². The number of aryl methyl sites for hydroxylation is 1. The fraction of sp³-hybridized carbons (Fsp3) is 0.292. The minimum absolute atomic E-state index is 0.0352. The summed E-state index contributed by atoms with van der Waals surface area (Å²) in [6.07, 6.45) is 6.76. The highest BCUT2D eigenvalue weighted by atomic mass is 16.5. The Bertz CT molecular complexity index is 6010. The molecule has 0 radical (unpaired) electrons. The second-order valence-corrected chi connectivity index (χ2v) is 32.0.